The molecule has 0 bridgehead atoms. The molecule has 0 heterocycles. The molecule has 18 heavy (non-hydrogen) atoms. The summed E-state index contributed by atoms with van der Waals surface area (Å²) in [6.45, 7) is 2.16. The fourth-order valence-corrected chi connectivity index (χ4v) is 4.31. The summed E-state index contributed by atoms with van der Waals surface area (Å²) >= 11 is 0. The van der Waals surface area contributed by atoms with E-state index < -0.39 is 15.6 Å². The quantitative estimate of drug-likeness (QED) is 0.870. The predicted octanol–water partition coefficient (Wildman–Crippen LogP) is 1.54. The Morgan fingerprint density at radius 3 is 2.44 bits per heavy atom. The van der Waals surface area contributed by atoms with Crippen molar-refractivity contribution < 1.29 is 8.42 Å². The van der Waals surface area contributed by atoms with Crippen LogP contribution in [0.4, 0.5) is 0 Å². The second-order valence-electron chi connectivity index (χ2n) is 5.06. The summed E-state index contributed by atoms with van der Waals surface area (Å²) in [6.07, 6.45) is 3.73. The Balaban J connectivity index is 2.30. The van der Waals surface area contributed by atoms with Gasteiger partial charge < -0.3 is 5.73 Å². The summed E-state index contributed by atoms with van der Waals surface area (Å²) in [4.78, 5) is 0.352. The van der Waals surface area contributed by atoms with E-state index in [4.69, 9.17) is 5.73 Å². The largest absolute Gasteiger partial charge is 0.329 e. The number of nitrogens with one attached hydrogen (secondary N) is 1. The summed E-state index contributed by atoms with van der Waals surface area (Å²) in [5.41, 5.74) is 6.08. The van der Waals surface area contributed by atoms with Crippen LogP contribution >= 0.6 is 0 Å². The van der Waals surface area contributed by atoms with Crippen molar-refractivity contribution in [3.8, 4) is 0 Å². The highest BCUT2D eigenvalue weighted by molar-refractivity contribution is 7.89. The molecule has 0 atom stereocenters. The third-order valence-electron chi connectivity index (χ3n) is 3.69. The third kappa shape index (κ3) is 2.58. The van der Waals surface area contributed by atoms with Crippen LogP contribution < -0.4 is 10.5 Å². The van der Waals surface area contributed by atoms with E-state index in [9.17, 15) is 8.42 Å². The molecule has 0 aromatic heterocycles. The summed E-state index contributed by atoms with van der Waals surface area (Å²) in [6, 6.07) is 7.02. The molecule has 0 saturated heterocycles. The molecule has 1 aliphatic rings. The maximum absolute atomic E-state index is 12.4. The zero-order valence-corrected chi connectivity index (χ0v) is 11.5. The molecule has 1 saturated carbocycles. The lowest BCUT2D eigenvalue weighted by molar-refractivity contribution is 0.399. The summed E-state index contributed by atoms with van der Waals surface area (Å²) in [5.74, 6) is 0. The van der Waals surface area contributed by atoms with E-state index in [1.54, 1.807) is 25.1 Å². The smallest absolute Gasteiger partial charge is 0.241 e. The van der Waals surface area contributed by atoms with Gasteiger partial charge in [0.1, 0.15) is 0 Å². The molecule has 5 heteroatoms. The SMILES string of the molecule is Cc1ccccc1S(=O)(=O)NC1(CN)CCCC1. The zero-order chi connectivity index (χ0) is 13.2. The van der Waals surface area contributed by atoms with Crippen molar-refractivity contribution in [3.63, 3.8) is 0 Å². The molecule has 0 unspecified atom stereocenters. The van der Waals surface area contributed by atoms with Crippen LogP contribution in [-0.2, 0) is 10.0 Å². The van der Waals surface area contributed by atoms with Crippen LogP contribution in [0.2, 0.25) is 0 Å². The van der Waals surface area contributed by atoms with E-state index in [1.165, 1.54) is 0 Å². The molecule has 0 aliphatic heterocycles. The first-order valence-corrected chi connectivity index (χ1v) is 7.77. The summed E-state index contributed by atoms with van der Waals surface area (Å²) in [7, 11) is -3.47. The first kappa shape index (κ1) is 13.5. The van der Waals surface area contributed by atoms with Crippen molar-refractivity contribution in [2.45, 2.75) is 43.0 Å². The lowest BCUT2D eigenvalue weighted by Crippen LogP contribution is -2.51. The van der Waals surface area contributed by atoms with E-state index in [1.807, 2.05) is 6.07 Å². The molecule has 1 aromatic rings. The van der Waals surface area contributed by atoms with E-state index in [0.717, 1.165) is 31.2 Å². The van der Waals surface area contributed by atoms with Gasteiger partial charge >= 0.3 is 0 Å². The number of sulfonamides is 1. The molecule has 0 spiro atoms. The van der Waals surface area contributed by atoms with Crippen molar-refractivity contribution in [3.05, 3.63) is 29.8 Å². The van der Waals surface area contributed by atoms with Crippen LogP contribution in [-0.4, -0.2) is 20.5 Å². The minimum Gasteiger partial charge on any atom is -0.329 e. The Morgan fingerprint density at radius 2 is 1.89 bits per heavy atom. The zero-order valence-electron chi connectivity index (χ0n) is 10.6. The standard InChI is InChI=1S/C13H20N2O2S/c1-11-6-2-3-7-12(11)18(16,17)15-13(10-14)8-4-5-9-13/h2-3,6-7,15H,4-5,8-10,14H2,1H3. The molecule has 4 nitrogen and oxygen atoms in total. The van der Waals surface area contributed by atoms with Crippen LogP contribution in [0.1, 0.15) is 31.2 Å². The monoisotopic (exact) mass is 268 g/mol. The van der Waals surface area contributed by atoms with Crippen molar-refractivity contribution in [1.29, 1.82) is 0 Å². The molecule has 2 rings (SSSR count). The van der Waals surface area contributed by atoms with Crippen molar-refractivity contribution in [2.24, 2.45) is 5.73 Å². The Kier molecular flexibility index (Phi) is 3.75. The summed E-state index contributed by atoms with van der Waals surface area (Å²) < 4.78 is 27.6. The first-order chi connectivity index (χ1) is 8.49. The molecule has 0 radical (unpaired) electrons. The highest BCUT2D eigenvalue weighted by Gasteiger charge is 2.37. The molecule has 3 N–H and O–H groups in total. The number of hydrogen-bond acceptors (Lipinski definition) is 3. The maximum atomic E-state index is 12.4. The number of hydrogen-bond donors (Lipinski definition) is 2. The normalized spacial score (nSPS) is 19.0. The van der Waals surface area contributed by atoms with Crippen molar-refractivity contribution in [1.82, 2.24) is 4.72 Å². The minimum atomic E-state index is -3.47. The number of benzene rings is 1. The average Bonchev–Trinajstić information content (AvgIpc) is 2.78. The van der Waals surface area contributed by atoms with Gasteiger partial charge in [0.2, 0.25) is 10.0 Å². The predicted molar refractivity (Wildman–Crippen MR) is 71.8 cm³/mol. The van der Waals surface area contributed by atoms with Crippen molar-refractivity contribution >= 4 is 10.0 Å². The van der Waals surface area contributed by atoms with E-state index in [0.29, 0.717) is 11.4 Å². The summed E-state index contributed by atoms with van der Waals surface area (Å²) in [5, 5.41) is 0. The second-order valence-corrected chi connectivity index (χ2v) is 6.71. The van der Waals surface area contributed by atoms with E-state index in [-0.39, 0.29) is 0 Å². The van der Waals surface area contributed by atoms with Gasteiger partial charge in [0.25, 0.3) is 0 Å². The average molecular weight is 268 g/mol. The molecular formula is C13H20N2O2S. The van der Waals surface area contributed by atoms with Crippen LogP contribution in [0.25, 0.3) is 0 Å². The van der Waals surface area contributed by atoms with Gasteiger partial charge in [0.15, 0.2) is 0 Å². The molecule has 1 aromatic carbocycles. The van der Waals surface area contributed by atoms with Crippen LogP contribution in [0.3, 0.4) is 0 Å². The van der Waals surface area contributed by atoms with Gasteiger partial charge in [-0.25, -0.2) is 13.1 Å². The fourth-order valence-electron chi connectivity index (χ4n) is 2.60. The van der Waals surface area contributed by atoms with E-state index in [2.05, 4.69) is 4.72 Å². The molecule has 0 amide bonds. The van der Waals surface area contributed by atoms with Crippen molar-refractivity contribution in [2.75, 3.05) is 6.54 Å². The van der Waals surface area contributed by atoms with Crippen LogP contribution in [0.5, 0.6) is 0 Å². The number of aryl methyl sites for hydroxylation is 1. The third-order valence-corrected chi connectivity index (χ3v) is 5.42. The lowest BCUT2D eigenvalue weighted by Gasteiger charge is -2.28. The minimum absolute atomic E-state index is 0.352. The Hall–Kier alpha value is -0.910. The van der Waals surface area contributed by atoms with E-state index >= 15 is 0 Å². The Labute approximate surface area is 109 Å². The second kappa shape index (κ2) is 4.99. The molecule has 1 fully saturated rings. The van der Waals surface area contributed by atoms with Crippen LogP contribution in [0, 0.1) is 6.92 Å². The fraction of sp³-hybridized carbons (Fsp3) is 0.538. The Morgan fingerprint density at radius 1 is 1.28 bits per heavy atom. The van der Waals surface area contributed by atoms with Gasteiger partial charge in [-0.05, 0) is 31.4 Å². The number of nitrogens with two attached hydrogens (primary N) is 1. The van der Waals surface area contributed by atoms with Gasteiger partial charge in [0.05, 0.1) is 4.90 Å². The van der Waals surface area contributed by atoms with Gasteiger partial charge in [-0.1, -0.05) is 31.0 Å². The lowest BCUT2D eigenvalue weighted by atomic mass is 10.0. The maximum Gasteiger partial charge on any atom is 0.241 e. The Bertz CT molecular complexity index is 520. The van der Waals surface area contributed by atoms with Gasteiger partial charge in [-0.15, -0.1) is 0 Å². The highest BCUT2D eigenvalue weighted by atomic mass is 32.2. The highest BCUT2D eigenvalue weighted by Crippen LogP contribution is 2.30. The topological polar surface area (TPSA) is 72.2 Å². The van der Waals surface area contributed by atoms with Crippen LogP contribution in [0.15, 0.2) is 29.2 Å². The molecule has 1 aliphatic carbocycles. The first-order valence-electron chi connectivity index (χ1n) is 6.29. The van der Waals surface area contributed by atoms with Gasteiger partial charge in [0, 0.05) is 12.1 Å². The molecule has 100 valence electrons. The molecular weight excluding hydrogens is 248 g/mol. The van der Waals surface area contributed by atoms with Gasteiger partial charge in [-0.2, -0.15) is 0 Å². The number of rotatable bonds is 4. The van der Waals surface area contributed by atoms with Gasteiger partial charge in [-0.3, -0.25) is 0 Å².